The first-order valence-electron chi connectivity index (χ1n) is 13.1. The number of hydrogen-bond acceptors (Lipinski definition) is 8. The molecule has 0 amide bonds. The first-order chi connectivity index (χ1) is 18.6. The molecule has 0 radical (unpaired) electrons. The summed E-state index contributed by atoms with van der Waals surface area (Å²) in [4.78, 5) is 14.0. The number of piperazine rings is 1. The van der Waals surface area contributed by atoms with Gasteiger partial charge in [-0.25, -0.2) is 9.37 Å². The van der Waals surface area contributed by atoms with Crippen molar-refractivity contribution in [1.29, 1.82) is 0 Å². The van der Waals surface area contributed by atoms with E-state index < -0.39 is 0 Å². The second-order valence-corrected chi connectivity index (χ2v) is 9.87. The van der Waals surface area contributed by atoms with Gasteiger partial charge in [0, 0.05) is 56.1 Å². The lowest BCUT2D eigenvalue weighted by atomic mass is 10.0. The third-order valence-corrected chi connectivity index (χ3v) is 7.62. The molecule has 2 aliphatic rings. The van der Waals surface area contributed by atoms with Crippen LogP contribution in [0.5, 0.6) is 5.75 Å². The Bertz CT molecular complexity index is 1430. The standard InChI is InChI=1S/C28H33FN8O/c1-38-26-18-25(36-14-12-35(13-15-36)21-4-8-31-9-5-21)22(30)17-23(26)33-28-32-10-6-27(34-28)37-11-7-19-2-3-20(29)16-24(19)37/h2-3,6-7,10-11,16-18,21,31H,4-5,8-9,12-15,30H2,1H3,(H,32,33,34). The summed E-state index contributed by atoms with van der Waals surface area (Å²) < 4.78 is 21.4. The molecule has 4 heterocycles. The molecule has 2 aromatic heterocycles. The maximum atomic E-state index is 13.9. The maximum absolute atomic E-state index is 13.9. The molecule has 0 aliphatic carbocycles. The Labute approximate surface area is 221 Å². The highest BCUT2D eigenvalue weighted by molar-refractivity contribution is 5.82. The first-order valence-corrected chi connectivity index (χ1v) is 13.1. The average molecular weight is 517 g/mol. The molecule has 198 valence electrons. The van der Waals surface area contributed by atoms with Crippen molar-refractivity contribution in [3.8, 4) is 11.6 Å². The summed E-state index contributed by atoms with van der Waals surface area (Å²) in [6, 6.07) is 13.0. The van der Waals surface area contributed by atoms with Crippen LogP contribution in [-0.2, 0) is 0 Å². The van der Waals surface area contributed by atoms with Gasteiger partial charge < -0.3 is 30.6 Å². The highest BCUT2D eigenvalue weighted by atomic mass is 19.1. The Hall–Kier alpha value is -3.89. The molecule has 10 heteroatoms. The Morgan fingerprint density at radius 1 is 1.05 bits per heavy atom. The van der Waals surface area contributed by atoms with Gasteiger partial charge >= 0.3 is 0 Å². The zero-order valence-corrected chi connectivity index (χ0v) is 21.5. The lowest BCUT2D eigenvalue weighted by Crippen LogP contribution is -2.52. The third kappa shape index (κ3) is 4.84. The predicted octanol–water partition coefficient (Wildman–Crippen LogP) is 3.77. The van der Waals surface area contributed by atoms with Crippen molar-refractivity contribution < 1.29 is 9.13 Å². The fourth-order valence-electron chi connectivity index (χ4n) is 5.59. The third-order valence-electron chi connectivity index (χ3n) is 7.62. The number of hydrogen-bond donors (Lipinski definition) is 3. The van der Waals surface area contributed by atoms with Gasteiger partial charge in [0.25, 0.3) is 0 Å². The number of fused-ring (bicyclic) bond motifs is 1. The number of ether oxygens (including phenoxy) is 1. The van der Waals surface area contributed by atoms with Crippen LogP contribution in [0, 0.1) is 5.82 Å². The predicted molar refractivity (Wildman–Crippen MR) is 149 cm³/mol. The number of anilines is 4. The van der Waals surface area contributed by atoms with E-state index in [0.29, 0.717) is 34.9 Å². The van der Waals surface area contributed by atoms with Crippen LogP contribution >= 0.6 is 0 Å². The number of benzene rings is 2. The number of nitrogens with two attached hydrogens (primary N) is 1. The van der Waals surface area contributed by atoms with Gasteiger partial charge in [-0.2, -0.15) is 4.98 Å². The van der Waals surface area contributed by atoms with Crippen LogP contribution in [0.3, 0.4) is 0 Å². The van der Waals surface area contributed by atoms with Crippen molar-refractivity contribution in [2.45, 2.75) is 18.9 Å². The lowest BCUT2D eigenvalue weighted by molar-refractivity contribution is 0.153. The van der Waals surface area contributed by atoms with Crippen LogP contribution in [0.2, 0.25) is 0 Å². The Kier molecular flexibility index (Phi) is 6.73. The molecule has 0 atom stereocenters. The fraction of sp³-hybridized carbons (Fsp3) is 0.357. The van der Waals surface area contributed by atoms with Crippen molar-refractivity contribution in [3.05, 3.63) is 60.7 Å². The van der Waals surface area contributed by atoms with E-state index in [1.165, 1.54) is 25.0 Å². The zero-order valence-electron chi connectivity index (χ0n) is 21.5. The molecule has 9 nitrogen and oxygen atoms in total. The van der Waals surface area contributed by atoms with Crippen LogP contribution in [0.25, 0.3) is 16.7 Å². The molecule has 38 heavy (non-hydrogen) atoms. The lowest BCUT2D eigenvalue weighted by Gasteiger charge is -2.42. The topological polar surface area (TPSA) is 96.5 Å². The van der Waals surface area contributed by atoms with Crippen molar-refractivity contribution in [2.24, 2.45) is 0 Å². The molecule has 2 aliphatic heterocycles. The largest absolute Gasteiger partial charge is 0.494 e. The van der Waals surface area contributed by atoms with Crippen LogP contribution in [0.4, 0.5) is 27.4 Å². The van der Waals surface area contributed by atoms with Gasteiger partial charge in [0.1, 0.15) is 17.4 Å². The van der Waals surface area contributed by atoms with E-state index in [4.69, 9.17) is 10.5 Å². The van der Waals surface area contributed by atoms with Crippen molar-refractivity contribution >= 4 is 33.9 Å². The number of rotatable bonds is 6. The van der Waals surface area contributed by atoms with Crippen molar-refractivity contribution in [3.63, 3.8) is 0 Å². The highest BCUT2D eigenvalue weighted by Crippen LogP contribution is 2.37. The maximum Gasteiger partial charge on any atom is 0.229 e. The minimum Gasteiger partial charge on any atom is -0.494 e. The summed E-state index contributed by atoms with van der Waals surface area (Å²) >= 11 is 0. The summed E-state index contributed by atoms with van der Waals surface area (Å²) in [7, 11) is 1.65. The van der Waals surface area contributed by atoms with E-state index in [1.54, 1.807) is 25.4 Å². The van der Waals surface area contributed by atoms with Crippen LogP contribution in [0.1, 0.15) is 12.8 Å². The van der Waals surface area contributed by atoms with Crippen LogP contribution in [0.15, 0.2) is 54.9 Å². The number of methoxy groups -OCH3 is 1. The molecule has 4 N–H and O–H groups in total. The Morgan fingerprint density at radius 2 is 1.87 bits per heavy atom. The van der Waals surface area contributed by atoms with Gasteiger partial charge in [0.2, 0.25) is 5.95 Å². The van der Waals surface area contributed by atoms with Gasteiger partial charge in [0.15, 0.2) is 0 Å². The SMILES string of the molecule is COc1cc(N2CCN(C3CCNCC3)CC2)c(N)cc1Nc1nccc(-n2ccc3ccc(F)cc32)n1. The molecule has 2 fully saturated rings. The fourth-order valence-corrected chi connectivity index (χ4v) is 5.59. The quantitative estimate of drug-likeness (QED) is 0.334. The molecule has 2 aromatic carbocycles. The van der Waals surface area contributed by atoms with E-state index >= 15 is 0 Å². The number of nitrogen functional groups attached to an aromatic ring is 1. The van der Waals surface area contributed by atoms with Crippen LogP contribution < -0.4 is 26.0 Å². The van der Waals surface area contributed by atoms with Crippen molar-refractivity contribution in [1.82, 2.24) is 24.8 Å². The first kappa shape index (κ1) is 24.4. The monoisotopic (exact) mass is 516 g/mol. The summed E-state index contributed by atoms with van der Waals surface area (Å²) in [5, 5.41) is 7.64. The minimum absolute atomic E-state index is 0.294. The zero-order chi connectivity index (χ0) is 26.1. The summed E-state index contributed by atoms with van der Waals surface area (Å²) in [5.74, 6) is 1.38. The van der Waals surface area contributed by atoms with Gasteiger partial charge in [-0.15, -0.1) is 0 Å². The number of aromatic nitrogens is 3. The van der Waals surface area contributed by atoms with E-state index in [-0.39, 0.29) is 5.82 Å². The molecular formula is C28H33FN8O. The van der Waals surface area contributed by atoms with E-state index in [2.05, 4.69) is 30.4 Å². The Morgan fingerprint density at radius 3 is 2.66 bits per heavy atom. The second kappa shape index (κ2) is 10.5. The normalized spacial score (nSPS) is 17.2. The van der Waals surface area contributed by atoms with Gasteiger partial charge in [-0.3, -0.25) is 4.90 Å². The van der Waals surface area contributed by atoms with E-state index in [1.807, 2.05) is 29.0 Å². The number of halogens is 1. The highest BCUT2D eigenvalue weighted by Gasteiger charge is 2.26. The molecule has 4 aromatic rings. The van der Waals surface area contributed by atoms with E-state index in [9.17, 15) is 4.39 Å². The molecule has 0 spiro atoms. The molecular weight excluding hydrogens is 483 g/mol. The summed E-state index contributed by atoms with van der Waals surface area (Å²) in [6.45, 7) is 6.14. The number of nitrogens with one attached hydrogen (secondary N) is 2. The van der Waals surface area contributed by atoms with Crippen molar-refractivity contribution in [2.75, 3.05) is 62.3 Å². The number of piperidine rings is 1. The summed E-state index contributed by atoms with van der Waals surface area (Å²) in [6.07, 6.45) is 5.98. The number of nitrogens with zero attached hydrogens (tertiary/aromatic N) is 5. The molecule has 0 bridgehead atoms. The molecule has 0 saturated carbocycles. The molecule has 0 unspecified atom stereocenters. The van der Waals surface area contributed by atoms with E-state index in [0.717, 1.165) is 55.9 Å². The summed E-state index contributed by atoms with van der Waals surface area (Å²) in [5.41, 5.74) is 9.62. The molecule has 2 saturated heterocycles. The Balaban J connectivity index is 1.20. The molecule has 6 rings (SSSR count). The smallest absolute Gasteiger partial charge is 0.229 e. The average Bonchev–Trinajstić information content (AvgIpc) is 3.37. The van der Waals surface area contributed by atoms with Crippen LogP contribution in [-0.4, -0.2) is 71.9 Å². The van der Waals surface area contributed by atoms with Gasteiger partial charge in [-0.05, 0) is 62.3 Å². The van der Waals surface area contributed by atoms with Gasteiger partial charge in [-0.1, -0.05) is 0 Å². The minimum atomic E-state index is -0.294. The second-order valence-electron chi connectivity index (χ2n) is 9.87. The van der Waals surface area contributed by atoms with Gasteiger partial charge in [0.05, 0.1) is 29.7 Å².